The van der Waals surface area contributed by atoms with E-state index in [0.29, 0.717) is 0 Å². The number of aliphatic hydroxyl groups excluding tert-OH is 1. The molecule has 24 heavy (non-hydrogen) atoms. The van der Waals surface area contributed by atoms with Crippen molar-refractivity contribution < 1.29 is 81.7 Å². The van der Waals surface area contributed by atoms with Gasteiger partial charge in [0.15, 0.2) is 0 Å². The molecule has 0 aliphatic heterocycles. The average Bonchev–Trinajstić information content (AvgIpc) is 2.42. The molecule has 0 aromatic rings. The molecule has 5 nitrogen and oxygen atoms in total. The van der Waals surface area contributed by atoms with E-state index in [-0.39, 0.29) is 59.1 Å². The molecule has 0 saturated carbocycles. The van der Waals surface area contributed by atoms with Crippen LogP contribution in [0.25, 0.3) is 0 Å². The van der Waals surface area contributed by atoms with Gasteiger partial charge in [0, 0.05) is 10.4 Å². The van der Waals surface area contributed by atoms with Crippen molar-refractivity contribution in [3.63, 3.8) is 0 Å². The van der Waals surface area contributed by atoms with E-state index in [1.807, 2.05) is 6.08 Å². The molecule has 0 aromatic heterocycles. The van der Waals surface area contributed by atoms with Crippen LogP contribution < -0.4 is 59.1 Å². The molecule has 8 heteroatoms. The monoisotopic (exact) mass is 382 g/mol. The first kappa shape index (κ1) is 33.0. The third-order valence-corrected chi connectivity index (χ3v) is 3.33. The maximum absolute atomic E-state index is 8.52. The summed E-state index contributed by atoms with van der Waals surface area (Å²) in [5, 5.41) is 8.46. The second-order valence-electron chi connectivity index (χ2n) is 5.47. The smallest absolute Gasteiger partial charge is 0.759 e. The van der Waals surface area contributed by atoms with Gasteiger partial charge in [-0.25, -0.2) is 0 Å². The first-order valence-electron chi connectivity index (χ1n) is 8.37. The van der Waals surface area contributed by atoms with Crippen LogP contribution in [0.1, 0.15) is 90.4 Å². The fourth-order valence-corrected chi connectivity index (χ4v) is 2.18. The zero-order valence-electron chi connectivity index (χ0n) is 15.8. The quantitative estimate of drug-likeness (QED) is 0.142. The van der Waals surface area contributed by atoms with Crippen LogP contribution in [0, 0.1) is 0 Å². The van der Waals surface area contributed by atoms with Gasteiger partial charge in [-0.1, -0.05) is 83.6 Å². The molecule has 0 heterocycles. The molecule has 0 saturated heterocycles. The zero-order valence-corrected chi connectivity index (χ0v) is 20.7. The van der Waals surface area contributed by atoms with Crippen molar-refractivity contribution >= 4 is 10.4 Å². The Hall–Kier alpha value is 1.41. The van der Waals surface area contributed by atoms with Crippen LogP contribution in [0.15, 0.2) is 12.3 Å². The minimum atomic E-state index is -5.17. The summed E-state index contributed by atoms with van der Waals surface area (Å²) in [4.78, 5) is 0. The predicted molar refractivity (Wildman–Crippen MR) is 87.9 cm³/mol. The van der Waals surface area contributed by atoms with Gasteiger partial charge in [-0.2, -0.15) is 0 Å². The van der Waals surface area contributed by atoms with Gasteiger partial charge in [0.2, 0.25) is 0 Å². The van der Waals surface area contributed by atoms with Gasteiger partial charge in [-0.05, 0) is 12.8 Å². The van der Waals surface area contributed by atoms with Crippen LogP contribution in [0.4, 0.5) is 0 Å². The Kier molecular flexibility index (Phi) is 36.7. The van der Waals surface area contributed by atoms with E-state index in [4.69, 9.17) is 22.6 Å². The van der Waals surface area contributed by atoms with Crippen LogP contribution in [-0.4, -0.2) is 22.6 Å². The minimum Gasteiger partial charge on any atom is -0.759 e. The molecule has 1 N–H and O–H groups in total. The predicted octanol–water partition coefficient (Wildman–Crippen LogP) is -1.18. The van der Waals surface area contributed by atoms with Crippen molar-refractivity contribution in [1.29, 1.82) is 0 Å². The van der Waals surface area contributed by atoms with Crippen molar-refractivity contribution in [3.05, 3.63) is 12.3 Å². The molecule has 0 fully saturated rings. The van der Waals surface area contributed by atoms with Gasteiger partial charge >= 0.3 is 59.1 Å². The summed E-state index contributed by atoms with van der Waals surface area (Å²) in [6.07, 6.45) is 20.8. The van der Waals surface area contributed by atoms with E-state index < -0.39 is 10.4 Å². The van der Waals surface area contributed by atoms with Crippen LogP contribution in [0.3, 0.4) is 0 Å². The number of rotatable bonds is 13. The van der Waals surface area contributed by atoms with E-state index >= 15 is 0 Å². The maximum atomic E-state index is 8.52. The second kappa shape index (κ2) is 26.6. The molecule has 0 aromatic carbocycles. The Morgan fingerprint density at radius 1 is 0.750 bits per heavy atom. The van der Waals surface area contributed by atoms with E-state index in [1.165, 1.54) is 83.3 Å². The number of unbranched alkanes of at least 4 members (excludes halogenated alkanes) is 12. The van der Waals surface area contributed by atoms with E-state index in [2.05, 4.69) is 6.92 Å². The molecule has 0 aliphatic rings. The van der Waals surface area contributed by atoms with Gasteiger partial charge in [0.1, 0.15) is 0 Å². The molecule has 0 bridgehead atoms. The molecule has 0 atom stereocenters. The van der Waals surface area contributed by atoms with Gasteiger partial charge < -0.3 is 14.2 Å². The number of hydrogen-bond acceptors (Lipinski definition) is 5. The number of hydrogen-bond donors (Lipinski definition) is 1. The molecule has 134 valence electrons. The van der Waals surface area contributed by atoms with Crippen molar-refractivity contribution in [3.8, 4) is 0 Å². The summed E-state index contributed by atoms with van der Waals surface area (Å²) in [6.45, 7) is 2.27. The zero-order chi connectivity index (χ0) is 17.1. The first-order chi connectivity index (χ1) is 10.4. The van der Waals surface area contributed by atoms with Crippen molar-refractivity contribution in [2.24, 2.45) is 0 Å². The number of aliphatic hydroxyl groups is 1. The molecular formula is C16H32Na2O5S. The molecule has 0 radical (unpaired) electrons. The molecule has 0 amide bonds. The fraction of sp³-hybridized carbons (Fsp3) is 0.875. The van der Waals surface area contributed by atoms with Crippen LogP contribution >= 0.6 is 0 Å². The largest absolute Gasteiger partial charge is 1.00 e. The van der Waals surface area contributed by atoms with Crippen molar-refractivity contribution in [2.75, 3.05) is 0 Å². The molecule has 0 rings (SSSR count). The van der Waals surface area contributed by atoms with E-state index in [1.54, 1.807) is 0 Å². The summed E-state index contributed by atoms with van der Waals surface area (Å²) in [5.74, 6) is 0. The van der Waals surface area contributed by atoms with E-state index in [9.17, 15) is 0 Å². The Morgan fingerprint density at radius 2 is 1.04 bits per heavy atom. The summed E-state index contributed by atoms with van der Waals surface area (Å²) < 4.78 is 34.1. The van der Waals surface area contributed by atoms with Crippen molar-refractivity contribution in [2.45, 2.75) is 90.4 Å². The molecule has 0 unspecified atom stereocenters. The molecular weight excluding hydrogens is 350 g/mol. The van der Waals surface area contributed by atoms with Gasteiger partial charge in [-0.15, -0.1) is 0 Å². The Bertz CT molecular complexity index is 327. The topological polar surface area (TPSA) is 100 Å². The Morgan fingerprint density at radius 3 is 1.33 bits per heavy atom. The minimum absolute atomic E-state index is 0. The summed E-state index contributed by atoms with van der Waals surface area (Å²) in [6, 6.07) is 0. The van der Waals surface area contributed by atoms with Crippen LogP contribution in [-0.2, 0) is 10.4 Å². The summed E-state index contributed by atoms with van der Waals surface area (Å²) >= 11 is 0. The Labute approximate surface area is 193 Å². The third kappa shape index (κ3) is 49.5. The normalized spacial score (nSPS) is 10.5. The average molecular weight is 382 g/mol. The summed E-state index contributed by atoms with van der Waals surface area (Å²) in [7, 11) is -5.17. The van der Waals surface area contributed by atoms with Crippen molar-refractivity contribution in [1.82, 2.24) is 0 Å². The van der Waals surface area contributed by atoms with Crippen LogP contribution in [0.2, 0.25) is 0 Å². The second-order valence-corrected chi connectivity index (χ2v) is 6.29. The van der Waals surface area contributed by atoms with Gasteiger partial charge in [-0.3, -0.25) is 8.42 Å². The van der Waals surface area contributed by atoms with E-state index in [0.717, 1.165) is 6.42 Å². The summed E-state index contributed by atoms with van der Waals surface area (Å²) in [5.41, 5.74) is 0. The van der Waals surface area contributed by atoms with Gasteiger partial charge in [0.05, 0.1) is 6.26 Å². The van der Waals surface area contributed by atoms with Crippen LogP contribution in [0.5, 0.6) is 0 Å². The molecule has 0 spiro atoms. The first-order valence-corrected chi connectivity index (χ1v) is 9.71. The standard InChI is InChI=1S/C16H32O.2Na.H2O4S/c1-2-3-4-5-6-7-8-9-10-11-12-13-14-15-16-17;;;1-5(2,3)4/h15-17H,2-14H2,1H3;;;(H2,1,2,3,4)/q;2*+1;/p-2. The Balaban J connectivity index is -0.000000250. The molecule has 0 aliphatic carbocycles. The number of allylic oxidation sites excluding steroid dienone is 1. The SMILES string of the molecule is CCCCCCCCCCCCCCC=CO.O=S(=O)([O-])[O-].[Na+].[Na+]. The fourth-order valence-electron chi connectivity index (χ4n) is 2.18. The maximum Gasteiger partial charge on any atom is 1.00 e. The third-order valence-electron chi connectivity index (χ3n) is 3.33. The van der Waals surface area contributed by atoms with Gasteiger partial charge in [0.25, 0.3) is 0 Å².